The molecule has 24 nitrogen and oxygen atoms in total. The number of amides is 1. The third-order valence-electron chi connectivity index (χ3n) is 14.9. The van der Waals surface area contributed by atoms with E-state index in [9.17, 15) is 28.8 Å². The fourth-order valence-electron chi connectivity index (χ4n) is 9.89. The average molecular weight is 1370 g/mol. The number of esters is 2. The molecule has 0 saturated carbocycles. The first-order valence-corrected chi connectivity index (χ1v) is 33.0. The topological polar surface area (TPSA) is 338 Å². The number of aromatic nitrogens is 10. The number of aromatic amines is 5. The molecule has 5 heterocycles. The van der Waals surface area contributed by atoms with Crippen molar-refractivity contribution in [1.82, 2.24) is 61.5 Å². The van der Waals surface area contributed by atoms with Crippen LogP contribution >= 0.6 is 6.89 Å². The standard InChI is InChI=1S/C23H23O2P.C13H14N2O2.C11H10N2O2.C10H11N3O2.C8H6N2O2.C8H6N2O.C2H7NO/c1-3-25-23(24)19(2)26(20-13-7-4-8-14-20,21-15-9-5-10-16-21)22-17-11-6-12-18-22;1-3-17-13(16)9(2)8-12-10-6-4-5-7-11(10)14-15-12;1-7(11(14)15)6-10-8-4-2-3-5-9(8)12-13-10;1-13(15-2)10(14)9-7-5-3-4-6-8(7)11-12-9;11-8(12)7-5-3-1-2-4-6(5)9-10-7;11-5-8-6-3-1-2-4-7(6)9-10-8;1-3-4-2/h4-18H,3H2,1-2H3;4-8H,3H2,1-2H3,(H,14,15);2-6H,1H3,(H,12,13)(H,14,15);3-6H,1-2H3,(H,11,12);1-4H,(H,9,10)(H,11,12);1-5H,(H,9,10);3H,1-2H3/b;9-8+;7-6+;;;;. The minimum absolute atomic E-state index is 0.0746. The van der Waals surface area contributed by atoms with Gasteiger partial charge < -0.3 is 24.5 Å². The molecule has 1 amide bonds. The van der Waals surface area contributed by atoms with E-state index >= 15 is 0 Å². The molecular formula is C75H77N12O12P. The third kappa shape index (κ3) is 19.3. The molecule has 514 valence electrons. The number of carboxylic acid groups (broad SMARTS) is 2. The number of para-hydroxylation sites is 5. The smallest absolute Gasteiger partial charge is 0.357 e. The Labute approximate surface area is 575 Å². The molecule has 0 spiro atoms. The van der Waals surface area contributed by atoms with Gasteiger partial charge in [-0.1, -0.05) is 182 Å². The fraction of sp³-hybridized carbons (Fsp3) is 0.147. The number of carbonyl (C=O) groups excluding carboxylic acids is 4. The Balaban J connectivity index is 0.000000170. The average Bonchev–Trinajstić information content (AvgIpc) is 1.08. The second-order valence-corrected chi connectivity index (χ2v) is 24.7. The SMILES string of the molecule is C/C(=C\c1[nH]nc2ccccc12)C(=O)O.CCOC(=O)/C(C)=C/c1[nH]nc2ccccc12.CCOC(=O)C(C)=P(c1ccccc1)(c1ccccc1)c1ccccc1.CNOC.CON(C)C(=O)c1n[nH]c2ccccc12.O=C(O)c1n[nH]c2ccccc12.O=Cc1[nH]nc2ccccc12. The molecule has 13 rings (SSSR count). The largest absolute Gasteiger partial charge is 0.478 e. The number of hydrogen-bond donors (Lipinski definition) is 8. The van der Waals surface area contributed by atoms with Crippen molar-refractivity contribution in [2.24, 2.45) is 0 Å². The van der Waals surface area contributed by atoms with Crippen LogP contribution in [0, 0.1) is 0 Å². The van der Waals surface area contributed by atoms with Gasteiger partial charge in [0, 0.05) is 57.5 Å². The number of hydrogen-bond acceptors (Lipinski definition) is 16. The molecular weight excluding hydrogens is 1290 g/mol. The first-order valence-electron chi connectivity index (χ1n) is 31.2. The summed E-state index contributed by atoms with van der Waals surface area (Å²) in [5.41, 5.74) is 9.94. The number of carboxylic acids is 2. The van der Waals surface area contributed by atoms with Crippen LogP contribution in [0.15, 0.2) is 223 Å². The van der Waals surface area contributed by atoms with E-state index < -0.39 is 18.8 Å². The highest BCUT2D eigenvalue weighted by Gasteiger charge is 2.31. The number of aldehydes is 1. The summed E-state index contributed by atoms with van der Waals surface area (Å²) >= 11 is 0. The van der Waals surface area contributed by atoms with Crippen LogP contribution in [0.5, 0.6) is 0 Å². The Bertz CT molecular complexity index is 4860. The second kappa shape index (κ2) is 37.9. The van der Waals surface area contributed by atoms with E-state index in [1.807, 2.05) is 172 Å². The maximum atomic E-state index is 12.9. The molecule has 8 N–H and O–H groups in total. The van der Waals surface area contributed by atoms with E-state index in [0.29, 0.717) is 35.6 Å². The Morgan fingerprint density at radius 3 is 1.21 bits per heavy atom. The molecule has 0 atom stereocenters. The van der Waals surface area contributed by atoms with Gasteiger partial charge in [0.1, 0.15) is 5.69 Å². The number of benzene rings is 8. The maximum Gasteiger partial charge on any atom is 0.357 e. The molecule has 0 bridgehead atoms. The zero-order chi connectivity index (χ0) is 72.0. The van der Waals surface area contributed by atoms with Crippen molar-refractivity contribution in [3.8, 4) is 0 Å². The van der Waals surface area contributed by atoms with Crippen molar-refractivity contribution < 1.29 is 58.1 Å². The molecule has 0 aliphatic rings. The highest BCUT2D eigenvalue weighted by atomic mass is 31.2. The van der Waals surface area contributed by atoms with E-state index in [2.05, 4.69) is 97.7 Å². The zero-order valence-corrected chi connectivity index (χ0v) is 57.4. The Hall–Kier alpha value is -12.2. The summed E-state index contributed by atoms with van der Waals surface area (Å²) in [5.74, 6) is -2.72. The van der Waals surface area contributed by atoms with Gasteiger partial charge in [0.2, 0.25) is 0 Å². The fourth-order valence-corrected chi connectivity index (χ4v) is 14.1. The van der Waals surface area contributed by atoms with Crippen LogP contribution in [0.2, 0.25) is 0 Å². The molecule has 0 fully saturated rings. The highest BCUT2D eigenvalue weighted by Crippen LogP contribution is 2.46. The number of aliphatic carboxylic acids is 1. The highest BCUT2D eigenvalue weighted by molar-refractivity contribution is 7.96. The van der Waals surface area contributed by atoms with Crippen molar-refractivity contribution in [3.05, 3.63) is 252 Å². The van der Waals surface area contributed by atoms with Gasteiger partial charge in [0.15, 0.2) is 17.7 Å². The Morgan fingerprint density at radius 1 is 0.470 bits per heavy atom. The number of rotatable bonds is 15. The number of ether oxygens (including phenoxy) is 2. The molecule has 25 heteroatoms. The molecule has 5 aromatic heterocycles. The predicted octanol–water partition coefficient (Wildman–Crippen LogP) is 11.9. The molecule has 8 aromatic carbocycles. The van der Waals surface area contributed by atoms with Crippen molar-refractivity contribution in [2.45, 2.75) is 34.6 Å². The lowest BCUT2D eigenvalue weighted by atomic mass is 10.1. The van der Waals surface area contributed by atoms with E-state index in [1.165, 1.54) is 7.11 Å². The predicted molar refractivity (Wildman–Crippen MR) is 392 cm³/mol. The van der Waals surface area contributed by atoms with Gasteiger partial charge in [-0.25, -0.2) is 29.7 Å². The van der Waals surface area contributed by atoms with E-state index in [4.69, 9.17) is 24.5 Å². The van der Waals surface area contributed by atoms with E-state index in [-0.39, 0.29) is 29.1 Å². The van der Waals surface area contributed by atoms with Crippen LogP contribution in [0.25, 0.3) is 66.7 Å². The summed E-state index contributed by atoms with van der Waals surface area (Å²) in [5, 5.41) is 60.6. The van der Waals surface area contributed by atoms with Gasteiger partial charge in [0.05, 0.1) is 66.4 Å². The first-order chi connectivity index (χ1) is 48.5. The molecule has 0 saturated heterocycles. The van der Waals surface area contributed by atoms with Crippen LogP contribution in [-0.4, -0.2) is 149 Å². The number of fused-ring (bicyclic) bond motifs is 5. The molecule has 0 unspecified atom stereocenters. The van der Waals surface area contributed by atoms with E-state index in [1.54, 1.807) is 72.3 Å². The summed E-state index contributed by atoms with van der Waals surface area (Å²) in [4.78, 5) is 76.9. The lowest BCUT2D eigenvalue weighted by Gasteiger charge is -2.31. The lowest BCUT2D eigenvalue weighted by Crippen LogP contribution is -2.33. The Morgan fingerprint density at radius 2 is 0.820 bits per heavy atom. The molecule has 0 radical (unpaired) electrons. The zero-order valence-electron chi connectivity index (χ0n) is 56.5. The van der Waals surface area contributed by atoms with Crippen molar-refractivity contribution in [1.29, 1.82) is 0 Å². The monoisotopic (exact) mass is 1370 g/mol. The minimum Gasteiger partial charge on any atom is -0.478 e. The number of H-pyrrole nitrogens is 5. The maximum absolute atomic E-state index is 12.9. The van der Waals surface area contributed by atoms with Gasteiger partial charge in [-0.2, -0.15) is 25.5 Å². The van der Waals surface area contributed by atoms with Crippen molar-refractivity contribution >= 4 is 131 Å². The van der Waals surface area contributed by atoms with Crippen LogP contribution in [0.4, 0.5) is 0 Å². The van der Waals surface area contributed by atoms with Gasteiger partial charge in [0.25, 0.3) is 5.91 Å². The number of carbonyl (C=O) groups is 6. The van der Waals surface area contributed by atoms with Crippen LogP contribution in [0.3, 0.4) is 0 Å². The number of nitrogens with one attached hydrogen (secondary N) is 6. The number of hydroxylamine groups is 3. The summed E-state index contributed by atoms with van der Waals surface area (Å²) in [7, 11) is 6.26. The van der Waals surface area contributed by atoms with Crippen molar-refractivity contribution in [2.75, 3.05) is 41.5 Å². The van der Waals surface area contributed by atoms with Crippen LogP contribution in [-0.2, 0) is 33.5 Å². The summed E-state index contributed by atoms with van der Waals surface area (Å²) < 4.78 is 10.3. The van der Waals surface area contributed by atoms with Crippen molar-refractivity contribution in [3.63, 3.8) is 0 Å². The van der Waals surface area contributed by atoms with Gasteiger partial charge >= 0.3 is 23.9 Å². The van der Waals surface area contributed by atoms with Crippen LogP contribution < -0.4 is 21.4 Å². The Kier molecular flexibility index (Phi) is 28.5. The molecule has 0 aliphatic carbocycles. The first kappa shape index (κ1) is 75.2. The normalized spacial score (nSPS) is 10.9. The molecule has 100 heavy (non-hydrogen) atoms. The lowest BCUT2D eigenvalue weighted by molar-refractivity contribution is -0.138. The number of aromatic carboxylic acids is 1. The summed E-state index contributed by atoms with van der Waals surface area (Å²) in [6, 6.07) is 68.3. The van der Waals surface area contributed by atoms with Gasteiger partial charge in [-0.05, 0) is 99.9 Å². The minimum atomic E-state index is -2.29. The molecule has 13 aromatic rings. The molecule has 0 aliphatic heterocycles. The quantitative estimate of drug-likeness (QED) is 0.0155. The second-order valence-electron chi connectivity index (χ2n) is 21.2. The van der Waals surface area contributed by atoms with Gasteiger partial charge in [-0.3, -0.25) is 39.9 Å². The summed E-state index contributed by atoms with van der Waals surface area (Å²) in [6.07, 6.45) is 4.11. The van der Waals surface area contributed by atoms with Crippen LogP contribution in [0.1, 0.15) is 77.5 Å². The van der Waals surface area contributed by atoms with E-state index in [0.717, 1.165) is 93.1 Å². The summed E-state index contributed by atoms with van der Waals surface area (Å²) in [6.45, 7) is 7.31. The number of nitrogens with zero attached hydrogens (tertiary/aromatic N) is 6. The third-order valence-corrected chi connectivity index (χ3v) is 19.3. The van der Waals surface area contributed by atoms with Gasteiger partial charge in [-0.15, -0.1) is 0 Å².